The fourth-order valence-electron chi connectivity index (χ4n) is 3.24. The molecule has 152 valence electrons. The minimum absolute atomic E-state index is 0.0805. The average molecular weight is 416 g/mol. The number of nitro groups is 1. The van der Waals surface area contributed by atoms with Gasteiger partial charge in [0.2, 0.25) is 0 Å². The van der Waals surface area contributed by atoms with Gasteiger partial charge < -0.3 is 15.0 Å². The summed E-state index contributed by atoms with van der Waals surface area (Å²) < 4.78 is 5.20. The maximum atomic E-state index is 12.9. The molecule has 0 amide bonds. The third kappa shape index (κ3) is 4.02. The van der Waals surface area contributed by atoms with Crippen LogP contribution in [0, 0.1) is 10.1 Å². The first kappa shape index (κ1) is 20.6. The largest absolute Gasteiger partial charge is 0.463 e. The molecule has 1 aliphatic heterocycles. The molecule has 0 unspecified atom stereocenters. The molecule has 0 aliphatic carbocycles. The van der Waals surface area contributed by atoms with Crippen LogP contribution >= 0.6 is 11.8 Å². The average Bonchev–Trinajstić information content (AvgIpc) is 2.67. The Hall–Kier alpha value is -3.14. The van der Waals surface area contributed by atoms with E-state index in [4.69, 9.17) is 4.74 Å². The molecule has 2 N–H and O–H groups in total. The van der Waals surface area contributed by atoms with Crippen molar-refractivity contribution in [2.75, 3.05) is 17.7 Å². The highest BCUT2D eigenvalue weighted by Crippen LogP contribution is 2.40. The van der Waals surface area contributed by atoms with Crippen LogP contribution in [0.4, 0.5) is 11.5 Å². The second-order valence-corrected chi connectivity index (χ2v) is 7.48. The molecule has 0 spiro atoms. The van der Waals surface area contributed by atoms with Gasteiger partial charge in [0.1, 0.15) is 5.82 Å². The van der Waals surface area contributed by atoms with Gasteiger partial charge in [-0.1, -0.05) is 30.8 Å². The highest BCUT2D eigenvalue weighted by Gasteiger charge is 2.36. The molecule has 10 heteroatoms. The van der Waals surface area contributed by atoms with E-state index in [1.165, 1.54) is 23.9 Å². The lowest BCUT2D eigenvalue weighted by atomic mass is 9.82. The molecule has 2 heterocycles. The number of benzene rings is 1. The fraction of sp³-hybridized carbons (Fsp3) is 0.316. The number of nitrogens with one attached hydrogen (secondary N) is 2. The topological polar surface area (TPSA) is 127 Å². The number of non-ortho nitro benzene ring substituents is 1. The number of anilines is 1. The second kappa shape index (κ2) is 8.48. The van der Waals surface area contributed by atoms with Gasteiger partial charge in [-0.15, -0.1) is 0 Å². The molecule has 29 heavy (non-hydrogen) atoms. The first-order chi connectivity index (χ1) is 13.9. The lowest BCUT2D eigenvalue weighted by molar-refractivity contribution is -0.384. The third-order valence-electron chi connectivity index (χ3n) is 4.43. The lowest BCUT2D eigenvalue weighted by Gasteiger charge is -2.28. The summed E-state index contributed by atoms with van der Waals surface area (Å²) in [6.45, 7) is 5.53. The number of carbonyl (C=O) groups is 1. The van der Waals surface area contributed by atoms with E-state index in [0.29, 0.717) is 22.2 Å². The maximum Gasteiger partial charge on any atom is 0.336 e. The Morgan fingerprint density at radius 2 is 2.00 bits per heavy atom. The summed E-state index contributed by atoms with van der Waals surface area (Å²) in [6.07, 6.45) is 0. The molecule has 2 aromatic rings. The Morgan fingerprint density at radius 3 is 2.59 bits per heavy atom. The van der Waals surface area contributed by atoms with Crippen LogP contribution in [0.25, 0.3) is 0 Å². The molecule has 0 saturated carbocycles. The first-order valence-corrected chi connectivity index (χ1v) is 10.0. The number of fused-ring (bicyclic) bond motifs is 1. The minimum atomic E-state index is -0.761. The number of allylic oxidation sites excluding steroid dienone is 1. The van der Waals surface area contributed by atoms with Crippen molar-refractivity contribution in [1.82, 2.24) is 9.97 Å². The zero-order chi connectivity index (χ0) is 21.1. The number of aromatic nitrogens is 2. The van der Waals surface area contributed by atoms with Gasteiger partial charge in [0.05, 0.1) is 28.6 Å². The van der Waals surface area contributed by atoms with Crippen LogP contribution < -0.4 is 10.9 Å². The van der Waals surface area contributed by atoms with E-state index in [9.17, 15) is 19.7 Å². The summed E-state index contributed by atoms with van der Waals surface area (Å²) in [7, 11) is 0. The van der Waals surface area contributed by atoms with Crippen LogP contribution in [-0.4, -0.2) is 33.2 Å². The van der Waals surface area contributed by atoms with Crippen molar-refractivity contribution in [3.05, 3.63) is 67.1 Å². The number of nitrogens with zero attached hydrogens (tertiary/aromatic N) is 2. The molecule has 1 atom stereocenters. The molecular weight excluding hydrogens is 396 g/mol. The number of hydrogen-bond donors (Lipinski definition) is 2. The van der Waals surface area contributed by atoms with Crippen molar-refractivity contribution in [1.29, 1.82) is 0 Å². The summed E-state index contributed by atoms with van der Waals surface area (Å²) in [6, 6.07) is 5.77. The molecule has 1 aliphatic rings. The van der Waals surface area contributed by atoms with Crippen LogP contribution in [0.15, 0.2) is 45.5 Å². The molecule has 0 bridgehead atoms. The molecule has 0 saturated heterocycles. The molecule has 9 nitrogen and oxygen atoms in total. The standard InChI is InChI=1S/C19H20N4O5S/c1-4-28-18(25)13-10(3)20-16-15(17(24)22-19(21-16)29-5-2)14(13)11-6-8-12(9-7-11)23(26)27/h6-9,14H,4-5H2,1-3H3,(H2,20,21,22,24)/t14-/m0/s1. The first-order valence-electron chi connectivity index (χ1n) is 9.03. The van der Waals surface area contributed by atoms with Gasteiger partial charge in [-0.3, -0.25) is 14.9 Å². The third-order valence-corrected chi connectivity index (χ3v) is 5.19. The van der Waals surface area contributed by atoms with Crippen LogP contribution in [0.3, 0.4) is 0 Å². The van der Waals surface area contributed by atoms with Gasteiger partial charge in [-0.25, -0.2) is 9.78 Å². The van der Waals surface area contributed by atoms with Crippen molar-refractivity contribution in [3.8, 4) is 0 Å². The predicted molar refractivity (Wildman–Crippen MR) is 109 cm³/mol. The number of thioether (sulfide) groups is 1. The highest BCUT2D eigenvalue weighted by atomic mass is 32.2. The van der Waals surface area contributed by atoms with Crippen molar-refractivity contribution in [2.45, 2.75) is 31.8 Å². The van der Waals surface area contributed by atoms with E-state index in [1.807, 2.05) is 6.92 Å². The summed E-state index contributed by atoms with van der Waals surface area (Å²) in [4.78, 5) is 43.3. The van der Waals surface area contributed by atoms with E-state index in [2.05, 4.69) is 15.3 Å². The van der Waals surface area contributed by atoms with Crippen molar-refractivity contribution in [2.24, 2.45) is 0 Å². The highest BCUT2D eigenvalue weighted by molar-refractivity contribution is 7.99. The zero-order valence-electron chi connectivity index (χ0n) is 16.1. The molecule has 1 aromatic heterocycles. The van der Waals surface area contributed by atoms with E-state index < -0.39 is 16.8 Å². The quantitative estimate of drug-likeness (QED) is 0.242. The Bertz CT molecular complexity index is 1050. The minimum Gasteiger partial charge on any atom is -0.463 e. The van der Waals surface area contributed by atoms with E-state index in [0.717, 1.165) is 5.75 Å². The summed E-state index contributed by atoms with van der Waals surface area (Å²) in [5, 5.41) is 14.5. The molecule has 1 aromatic carbocycles. The smallest absolute Gasteiger partial charge is 0.336 e. The van der Waals surface area contributed by atoms with Crippen LogP contribution in [0.1, 0.15) is 37.8 Å². The number of nitro benzene ring substituents is 1. The van der Waals surface area contributed by atoms with Gasteiger partial charge in [-0.05, 0) is 25.2 Å². The number of aromatic amines is 1. The number of carbonyl (C=O) groups excluding carboxylic acids is 1. The summed E-state index contributed by atoms with van der Waals surface area (Å²) >= 11 is 1.39. The number of esters is 1. The number of hydrogen-bond acceptors (Lipinski definition) is 8. The monoisotopic (exact) mass is 416 g/mol. The van der Waals surface area contributed by atoms with Gasteiger partial charge >= 0.3 is 5.97 Å². The normalized spacial score (nSPS) is 15.5. The lowest BCUT2D eigenvalue weighted by Crippen LogP contribution is -2.31. The molecule has 0 fully saturated rings. The zero-order valence-corrected chi connectivity index (χ0v) is 17.0. The Kier molecular flexibility index (Phi) is 6.02. The Balaban J connectivity index is 2.21. The van der Waals surface area contributed by atoms with Gasteiger partial charge in [0.25, 0.3) is 11.2 Å². The number of H-pyrrole nitrogens is 1. The SMILES string of the molecule is CCOC(=O)C1=C(C)Nc2nc(SCC)[nH]c(=O)c2[C@H]1c1ccc([N+](=O)[O-])cc1. The number of rotatable bonds is 6. The van der Waals surface area contributed by atoms with Gasteiger partial charge in [0, 0.05) is 17.8 Å². The van der Waals surface area contributed by atoms with E-state index in [-0.39, 0.29) is 29.0 Å². The van der Waals surface area contributed by atoms with Crippen LogP contribution in [0.2, 0.25) is 0 Å². The van der Waals surface area contributed by atoms with Crippen molar-refractivity contribution >= 4 is 29.2 Å². The Labute approximate surface area is 170 Å². The second-order valence-electron chi connectivity index (χ2n) is 6.23. The summed E-state index contributed by atoms with van der Waals surface area (Å²) in [5.74, 6) is -0.226. The molecule has 0 radical (unpaired) electrons. The molecule has 3 rings (SSSR count). The Morgan fingerprint density at radius 1 is 1.31 bits per heavy atom. The van der Waals surface area contributed by atoms with Crippen LogP contribution in [-0.2, 0) is 9.53 Å². The van der Waals surface area contributed by atoms with Crippen molar-refractivity contribution in [3.63, 3.8) is 0 Å². The van der Waals surface area contributed by atoms with Crippen molar-refractivity contribution < 1.29 is 14.5 Å². The maximum absolute atomic E-state index is 12.9. The number of ether oxygens (including phenoxy) is 1. The fourth-order valence-corrected chi connectivity index (χ4v) is 3.83. The van der Waals surface area contributed by atoms with Gasteiger partial charge in [0.15, 0.2) is 5.16 Å². The van der Waals surface area contributed by atoms with Gasteiger partial charge in [-0.2, -0.15) is 0 Å². The van der Waals surface area contributed by atoms with E-state index in [1.54, 1.807) is 26.0 Å². The molecular formula is C19H20N4O5S. The predicted octanol–water partition coefficient (Wildman–Crippen LogP) is 3.18. The van der Waals surface area contributed by atoms with E-state index >= 15 is 0 Å². The van der Waals surface area contributed by atoms with Crippen LogP contribution in [0.5, 0.6) is 0 Å². The summed E-state index contributed by atoms with van der Waals surface area (Å²) in [5.41, 5.74) is 1.16.